The van der Waals surface area contributed by atoms with Gasteiger partial charge in [0.15, 0.2) is 0 Å². The summed E-state index contributed by atoms with van der Waals surface area (Å²) in [4.78, 5) is 20.3. The highest BCUT2D eigenvalue weighted by Gasteiger charge is 2.27. The summed E-state index contributed by atoms with van der Waals surface area (Å²) in [7, 11) is 1.77. The van der Waals surface area contributed by atoms with E-state index in [9.17, 15) is 5.11 Å². The highest BCUT2D eigenvalue weighted by molar-refractivity contribution is 5.79. The maximum Gasteiger partial charge on any atom is 0.227 e. The molecule has 0 saturated carbocycles. The van der Waals surface area contributed by atoms with Crippen molar-refractivity contribution >= 4 is 28.6 Å². The molecular weight excluding hydrogens is 382 g/mol. The second-order valence-corrected chi connectivity index (χ2v) is 8.06. The molecule has 4 rings (SSSR count). The number of nitrogens with zero attached hydrogens (tertiary/aromatic N) is 6. The highest BCUT2D eigenvalue weighted by Crippen LogP contribution is 2.26. The number of anilines is 3. The summed E-state index contributed by atoms with van der Waals surface area (Å²) in [5.41, 5.74) is 1.69. The van der Waals surface area contributed by atoms with Crippen molar-refractivity contribution in [3.63, 3.8) is 0 Å². The van der Waals surface area contributed by atoms with Crippen LogP contribution < -0.4 is 10.2 Å². The van der Waals surface area contributed by atoms with Gasteiger partial charge in [0.25, 0.3) is 0 Å². The Balaban J connectivity index is 1.57. The summed E-state index contributed by atoms with van der Waals surface area (Å²) >= 11 is 0. The lowest BCUT2D eigenvalue weighted by Gasteiger charge is -2.36. The predicted octanol–water partition coefficient (Wildman–Crippen LogP) is 2.90. The number of fused-ring (bicyclic) bond motifs is 1. The Morgan fingerprint density at radius 2 is 2.10 bits per heavy atom. The third-order valence-corrected chi connectivity index (χ3v) is 5.62. The topological polar surface area (TPSA) is 101 Å². The van der Waals surface area contributed by atoms with Crippen LogP contribution in [0.25, 0.3) is 11.0 Å². The van der Waals surface area contributed by atoms with Gasteiger partial charge < -0.3 is 24.6 Å². The summed E-state index contributed by atoms with van der Waals surface area (Å²) in [5.74, 6) is 3.12. The summed E-state index contributed by atoms with van der Waals surface area (Å²) in [6.07, 6.45) is 4.73. The molecule has 1 saturated heterocycles. The fourth-order valence-electron chi connectivity index (χ4n) is 4.16. The Labute approximate surface area is 176 Å². The normalized spacial score (nSPS) is 19.6. The lowest BCUT2D eigenvalue weighted by atomic mass is 9.97. The largest absolute Gasteiger partial charge is 0.388 e. The zero-order chi connectivity index (χ0) is 21.3. The van der Waals surface area contributed by atoms with Crippen LogP contribution in [0.5, 0.6) is 0 Å². The molecule has 1 aliphatic heterocycles. The summed E-state index contributed by atoms with van der Waals surface area (Å²) < 4.78 is 7.57. The van der Waals surface area contributed by atoms with Crippen LogP contribution in [0.3, 0.4) is 0 Å². The van der Waals surface area contributed by atoms with E-state index in [1.807, 2.05) is 16.7 Å². The zero-order valence-electron chi connectivity index (χ0n) is 17.9. The third kappa shape index (κ3) is 3.95. The molecule has 0 bridgehead atoms. The van der Waals surface area contributed by atoms with Gasteiger partial charge in [-0.2, -0.15) is 4.98 Å². The second kappa shape index (κ2) is 8.53. The molecular formula is C21H29N7O2. The molecule has 0 aromatic carbocycles. The molecule has 9 heteroatoms. The first kappa shape index (κ1) is 20.5. The fourth-order valence-corrected chi connectivity index (χ4v) is 4.16. The monoisotopic (exact) mass is 411 g/mol. The highest BCUT2D eigenvalue weighted by atomic mass is 16.5. The summed E-state index contributed by atoms with van der Waals surface area (Å²) in [6, 6.07) is 3.95. The van der Waals surface area contributed by atoms with Crippen molar-refractivity contribution in [3.05, 3.63) is 30.4 Å². The summed E-state index contributed by atoms with van der Waals surface area (Å²) in [6.45, 7) is 7.96. The molecule has 3 aromatic heterocycles. The van der Waals surface area contributed by atoms with Gasteiger partial charge in [0, 0.05) is 38.5 Å². The average molecular weight is 412 g/mol. The van der Waals surface area contributed by atoms with Crippen LogP contribution in [0.4, 0.5) is 17.6 Å². The number of aliphatic hydroxyl groups excluding tert-OH is 1. The van der Waals surface area contributed by atoms with Gasteiger partial charge in [-0.25, -0.2) is 15.0 Å². The van der Waals surface area contributed by atoms with Crippen LogP contribution in [0.1, 0.15) is 39.1 Å². The fraction of sp³-hybridized carbons (Fsp3) is 0.524. The maximum atomic E-state index is 9.63. The maximum absolute atomic E-state index is 9.63. The molecule has 3 aromatic rings. The van der Waals surface area contributed by atoms with Crippen molar-refractivity contribution < 1.29 is 9.84 Å². The number of imidazole rings is 1. The van der Waals surface area contributed by atoms with Crippen LogP contribution in [0.2, 0.25) is 0 Å². The van der Waals surface area contributed by atoms with Crippen LogP contribution in [-0.2, 0) is 11.3 Å². The van der Waals surface area contributed by atoms with Crippen molar-refractivity contribution in [1.82, 2.24) is 24.5 Å². The van der Waals surface area contributed by atoms with Crippen molar-refractivity contribution in [3.8, 4) is 0 Å². The van der Waals surface area contributed by atoms with Crippen LogP contribution in [0.15, 0.2) is 24.5 Å². The van der Waals surface area contributed by atoms with Gasteiger partial charge in [-0.3, -0.25) is 0 Å². The van der Waals surface area contributed by atoms with Crippen LogP contribution >= 0.6 is 0 Å². The van der Waals surface area contributed by atoms with E-state index in [1.54, 1.807) is 19.5 Å². The van der Waals surface area contributed by atoms with E-state index in [1.165, 1.54) is 0 Å². The smallest absolute Gasteiger partial charge is 0.227 e. The van der Waals surface area contributed by atoms with Gasteiger partial charge in [0.05, 0.1) is 17.8 Å². The van der Waals surface area contributed by atoms with E-state index < -0.39 is 0 Å². The SMILES string of the molecule is CO[C@H]1CCN(c2nccc(Nc3cc4c(cn3)nc(CO)n4C(C)C)n2)C[C@H]1C. The predicted molar refractivity (Wildman–Crippen MR) is 116 cm³/mol. The molecule has 0 unspecified atom stereocenters. The quantitative estimate of drug-likeness (QED) is 0.638. The van der Waals surface area contributed by atoms with Gasteiger partial charge in [0.1, 0.15) is 29.6 Å². The molecule has 1 fully saturated rings. The van der Waals surface area contributed by atoms with Crippen molar-refractivity contribution in [1.29, 1.82) is 0 Å². The lowest BCUT2D eigenvalue weighted by Crippen LogP contribution is -2.43. The van der Waals surface area contributed by atoms with Crippen molar-refractivity contribution in [2.45, 2.75) is 45.9 Å². The first-order chi connectivity index (χ1) is 14.5. The average Bonchev–Trinajstić information content (AvgIpc) is 3.12. The van der Waals surface area contributed by atoms with E-state index in [0.29, 0.717) is 29.3 Å². The number of rotatable bonds is 6. The number of aliphatic hydroxyl groups is 1. The number of nitrogens with one attached hydrogen (secondary N) is 1. The molecule has 0 aliphatic carbocycles. The molecule has 0 amide bonds. The Morgan fingerprint density at radius 1 is 1.27 bits per heavy atom. The number of aromatic nitrogens is 5. The first-order valence-corrected chi connectivity index (χ1v) is 10.4. The number of hydrogen-bond donors (Lipinski definition) is 2. The number of pyridine rings is 1. The Hall–Kier alpha value is -2.78. The molecule has 0 spiro atoms. The molecule has 1 aliphatic rings. The zero-order valence-corrected chi connectivity index (χ0v) is 17.9. The van der Waals surface area contributed by atoms with Gasteiger partial charge in [-0.1, -0.05) is 6.92 Å². The molecule has 2 atom stereocenters. The molecule has 4 heterocycles. The number of piperidine rings is 1. The molecule has 160 valence electrons. The molecule has 9 nitrogen and oxygen atoms in total. The minimum absolute atomic E-state index is 0.108. The Bertz CT molecular complexity index is 1020. The lowest BCUT2D eigenvalue weighted by molar-refractivity contribution is 0.0442. The van der Waals surface area contributed by atoms with Crippen molar-refractivity contribution in [2.75, 3.05) is 30.4 Å². The number of ether oxygens (including phenoxy) is 1. The molecule has 30 heavy (non-hydrogen) atoms. The minimum Gasteiger partial charge on any atom is -0.388 e. The van der Waals surface area contributed by atoms with Crippen LogP contribution in [-0.4, -0.2) is 55.9 Å². The van der Waals surface area contributed by atoms with Crippen LogP contribution in [0, 0.1) is 5.92 Å². The van der Waals surface area contributed by atoms with Gasteiger partial charge in [-0.15, -0.1) is 0 Å². The Kier molecular flexibility index (Phi) is 5.83. The van der Waals surface area contributed by atoms with Gasteiger partial charge in [-0.05, 0) is 32.3 Å². The minimum atomic E-state index is -0.108. The van der Waals surface area contributed by atoms with Crippen molar-refractivity contribution in [2.24, 2.45) is 5.92 Å². The van der Waals surface area contributed by atoms with Gasteiger partial charge >= 0.3 is 0 Å². The summed E-state index contributed by atoms with van der Waals surface area (Å²) in [5, 5.41) is 12.9. The second-order valence-electron chi connectivity index (χ2n) is 8.06. The van der Waals surface area contributed by atoms with E-state index in [4.69, 9.17) is 9.72 Å². The third-order valence-electron chi connectivity index (χ3n) is 5.62. The van der Waals surface area contributed by atoms with E-state index in [-0.39, 0.29) is 18.8 Å². The first-order valence-electron chi connectivity index (χ1n) is 10.4. The van der Waals surface area contributed by atoms with E-state index in [2.05, 4.69) is 45.9 Å². The number of hydrogen-bond acceptors (Lipinski definition) is 8. The Morgan fingerprint density at radius 3 is 2.80 bits per heavy atom. The molecule has 0 radical (unpaired) electrons. The standard InChI is InChI=1S/C21H29N7O2/c1-13(2)28-16-9-19(23-10-15(16)24-20(28)12-29)25-18-5-7-22-21(26-18)27-8-6-17(30-4)14(3)11-27/h5,7,9-10,13-14,17,29H,6,8,11-12H2,1-4H3,(H,22,23,25,26)/t14-,17+/m1/s1. The van der Waals surface area contributed by atoms with E-state index >= 15 is 0 Å². The molecule has 2 N–H and O–H groups in total. The number of methoxy groups -OCH3 is 1. The van der Waals surface area contributed by atoms with Gasteiger partial charge in [0.2, 0.25) is 5.95 Å². The van der Waals surface area contributed by atoms with E-state index in [0.717, 1.165) is 30.5 Å².